The molecule has 3 aliphatic rings. The van der Waals surface area contributed by atoms with Crippen molar-refractivity contribution in [2.75, 3.05) is 39.1 Å². The van der Waals surface area contributed by atoms with E-state index in [9.17, 15) is 27.6 Å². The van der Waals surface area contributed by atoms with Crippen molar-refractivity contribution in [3.05, 3.63) is 86.0 Å². The molecule has 0 spiro atoms. The number of nitrogens with zero attached hydrogens (tertiary/aromatic N) is 2. The predicted molar refractivity (Wildman–Crippen MR) is 157 cm³/mol. The number of benzene rings is 2. The minimum Gasteiger partial charge on any atom is -0.451 e. The fourth-order valence-electron chi connectivity index (χ4n) is 6.05. The molecule has 4 aromatic rings. The van der Waals surface area contributed by atoms with Gasteiger partial charge < -0.3 is 29.3 Å². The number of aromatic nitrogens is 1. The fourth-order valence-corrected chi connectivity index (χ4v) is 7.14. The van der Waals surface area contributed by atoms with Crippen LogP contribution in [0, 0.1) is 11.6 Å². The van der Waals surface area contributed by atoms with Crippen molar-refractivity contribution in [1.29, 1.82) is 0 Å². The highest BCUT2D eigenvalue weighted by atomic mass is 32.1. The van der Waals surface area contributed by atoms with Crippen molar-refractivity contribution in [2.45, 2.75) is 18.8 Å². The van der Waals surface area contributed by atoms with Gasteiger partial charge in [-0.3, -0.25) is 9.59 Å². The third kappa shape index (κ3) is 5.07. The van der Waals surface area contributed by atoms with Crippen LogP contribution >= 0.6 is 11.3 Å². The zero-order valence-corrected chi connectivity index (χ0v) is 25.0. The Morgan fingerprint density at radius 3 is 2.66 bits per heavy atom. The number of thiophene rings is 1. The fraction of sp³-hybridized carbons (Fsp3) is 0.258. The molecule has 47 heavy (non-hydrogen) atoms. The molecule has 2 aromatic heterocycles. The topological polar surface area (TPSA) is 108 Å². The minimum atomic E-state index is -4.75. The number of carbonyl (C=O) groups is 2. The summed E-state index contributed by atoms with van der Waals surface area (Å²) in [5.41, 5.74) is 2.23. The lowest BCUT2D eigenvalue weighted by atomic mass is 9.90. The van der Waals surface area contributed by atoms with Crippen LogP contribution in [0.4, 0.5) is 26.7 Å². The average molecular weight is 676 g/mol. The third-order valence-corrected chi connectivity index (χ3v) is 9.31. The van der Waals surface area contributed by atoms with Gasteiger partial charge in [-0.2, -0.15) is 13.2 Å². The van der Waals surface area contributed by atoms with E-state index >= 15 is 8.78 Å². The molecular weight excluding hydrogens is 653 g/mol. The van der Waals surface area contributed by atoms with Crippen LogP contribution in [0.3, 0.4) is 0 Å². The van der Waals surface area contributed by atoms with E-state index in [4.69, 9.17) is 14.2 Å². The van der Waals surface area contributed by atoms with Crippen molar-refractivity contribution in [3.8, 4) is 38.6 Å². The quantitative estimate of drug-likeness (QED) is 0.149. The highest BCUT2D eigenvalue weighted by molar-refractivity contribution is 7.16. The molecule has 1 N–H and O–H groups in total. The van der Waals surface area contributed by atoms with Crippen LogP contribution < -0.4 is 15.6 Å². The molecule has 4 heterocycles. The average Bonchev–Trinajstić information content (AvgIpc) is 3.44. The first-order valence-electron chi connectivity index (χ1n) is 14.1. The highest BCUT2D eigenvalue weighted by Gasteiger charge is 2.41. The summed E-state index contributed by atoms with van der Waals surface area (Å²) in [7, 11) is 1.06. The van der Waals surface area contributed by atoms with Gasteiger partial charge in [-0.25, -0.2) is 18.3 Å². The third-order valence-electron chi connectivity index (χ3n) is 8.10. The number of hydrogen-bond acceptors (Lipinski definition) is 9. The smallest absolute Gasteiger partial charge is 0.451 e. The molecule has 1 fully saturated rings. The summed E-state index contributed by atoms with van der Waals surface area (Å²) in [4.78, 5) is 39.5. The first-order chi connectivity index (χ1) is 22.5. The van der Waals surface area contributed by atoms with Crippen molar-refractivity contribution in [3.63, 3.8) is 0 Å². The van der Waals surface area contributed by atoms with E-state index in [0.717, 1.165) is 25.3 Å². The van der Waals surface area contributed by atoms with E-state index in [2.05, 4.69) is 10.2 Å². The summed E-state index contributed by atoms with van der Waals surface area (Å²) in [5.74, 6) is -3.91. The first-order valence-corrected chi connectivity index (χ1v) is 14.9. The number of ether oxygens (including phenoxy) is 4. The summed E-state index contributed by atoms with van der Waals surface area (Å²) in [6.45, 7) is -0.407. The lowest BCUT2D eigenvalue weighted by molar-refractivity contribution is -0.134. The van der Waals surface area contributed by atoms with Crippen molar-refractivity contribution in [1.82, 2.24) is 9.58 Å². The lowest BCUT2D eigenvalue weighted by Gasteiger charge is -2.42. The Morgan fingerprint density at radius 1 is 1.11 bits per heavy atom. The number of hydrogen-bond donors (Lipinski definition) is 1. The number of alkyl halides is 3. The van der Waals surface area contributed by atoms with Crippen LogP contribution in [0.2, 0.25) is 0 Å². The molecular formula is C31H22F5N3O7S. The van der Waals surface area contributed by atoms with Crippen molar-refractivity contribution in [2.24, 2.45) is 0 Å². The summed E-state index contributed by atoms with van der Waals surface area (Å²) < 4.78 is 94.6. The molecule has 1 amide bonds. The van der Waals surface area contributed by atoms with Gasteiger partial charge in [0.25, 0.3) is 5.91 Å². The molecule has 16 heteroatoms. The van der Waals surface area contributed by atoms with E-state index < -0.39 is 64.5 Å². The highest BCUT2D eigenvalue weighted by Crippen LogP contribution is 2.51. The molecule has 7 rings (SSSR count). The van der Waals surface area contributed by atoms with Crippen LogP contribution in [0.5, 0.6) is 5.75 Å². The van der Waals surface area contributed by atoms with Crippen LogP contribution in [0.1, 0.15) is 26.5 Å². The Balaban J connectivity index is 1.49. The number of pyridine rings is 1. The zero-order chi connectivity index (χ0) is 33.2. The number of amides is 1. The van der Waals surface area contributed by atoms with Gasteiger partial charge in [0.05, 0.1) is 26.0 Å². The second-order valence-corrected chi connectivity index (χ2v) is 11.8. The number of morpholine rings is 1. The summed E-state index contributed by atoms with van der Waals surface area (Å²) >= 11 is 0.422. The van der Waals surface area contributed by atoms with Crippen molar-refractivity contribution < 1.29 is 50.5 Å². The number of rotatable bonds is 4. The number of nitrogens with one attached hydrogen (secondary N) is 1. The molecule has 0 saturated carbocycles. The van der Waals surface area contributed by atoms with Crippen LogP contribution in [-0.2, 0) is 26.8 Å². The largest absolute Gasteiger partial charge is 0.510 e. The molecule has 1 unspecified atom stereocenters. The van der Waals surface area contributed by atoms with Gasteiger partial charge >= 0.3 is 12.3 Å². The molecule has 1 saturated heterocycles. The van der Waals surface area contributed by atoms with Crippen LogP contribution in [-0.4, -0.2) is 61.5 Å². The molecule has 1 atom stereocenters. The Morgan fingerprint density at radius 2 is 1.89 bits per heavy atom. The van der Waals surface area contributed by atoms with E-state index in [1.165, 1.54) is 9.58 Å². The molecule has 1 aliphatic carbocycles. The SMILES string of the molecule is COC(=O)OCOc1c2n(c(-c3cc(F)c(F)c4c3Cc3ccccc3-c3sc(C(F)(F)F)cc3-4)cc1=O)NC1COCCN1C2=O. The number of halogens is 5. The van der Waals surface area contributed by atoms with E-state index in [1.54, 1.807) is 24.3 Å². The summed E-state index contributed by atoms with van der Waals surface area (Å²) in [5, 5.41) is 0. The lowest BCUT2D eigenvalue weighted by Crippen LogP contribution is -2.59. The van der Waals surface area contributed by atoms with Crippen molar-refractivity contribution >= 4 is 23.4 Å². The van der Waals surface area contributed by atoms with Gasteiger partial charge in [0, 0.05) is 34.2 Å². The molecule has 0 radical (unpaired) electrons. The van der Waals surface area contributed by atoms with Gasteiger partial charge in [-0.1, -0.05) is 24.3 Å². The van der Waals surface area contributed by atoms with Gasteiger partial charge in [0.2, 0.25) is 18.0 Å². The zero-order valence-electron chi connectivity index (χ0n) is 24.2. The molecule has 2 aromatic carbocycles. The predicted octanol–water partition coefficient (Wildman–Crippen LogP) is 5.59. The number of methoxy groups -OCH3 is 1. The maximum absolute atomic E-state index is 15.9. The van der Waals surface area contributed by atoms with Crippen LogP contribution in [0.15, 0.2) is 47.3 Å². The number of carbonyl (C=O) groups excluding carboxylic acids is 2. The number of fused-ring (bicyclic) bond motifs is 7. The maximum Gasteiger partial charge on any atom is 0.510 e. The van der Waals surface area contributed by atoms with E-state index in [1.807, 2.05) is 0 Å². The van der Waals surface area contributed by atoms with Gasteiger partial charge in [0.1, 0.15) is 11.0 Å². The van der Waals surface area contributed by atoms with Gasteiger partial charge in [-0.05, 0) is 35.2 Å². The summed E-state index contributed by atoms with van der Waals surface area (Å²) in [6, 6.07) is 9.26. The molecule has 244 valence electrons. The molecule has 10 nitrogen and oxygen atoms in total. The Bertz CT molecular complexity index is 2030. The van der Waals surface area contributed by atoms with Gasteiger partial charge in [0.15, 0.2) is 17.3 Å². The van der Waals surface area contributed by atoms with Crippen LogP contribution in [0.25, 0.3) is 32.8 Å². The standard InChI is InChI=1S/C31H22F5N3O7S/c1-43-30(42)46-13-45-27-21(40)11-20(39-26(27)29(41)38-6-7-44-12-23(38)37-39)16-9-19(32)25(33)24-17(16)8-14-4-2-3-5-15(14)28-18(24)10-22(47-28)31(34,35)36/h2-5,9-11,23,37H,6-8,12-13H2,1H3. The molecule has 0 bridgehead atoms. The second kappa shape index (κ2) is 11.4. The monoisotopic (exact) mass is 675 g/mol. The first kappa shape index (κ1) is 30.7. The molecule has 2 aliphatic heterocycles. The Kier molecular flexibility index (Phi) is 7.43. The Labute approximate surface area is 265 Å². The van der Waals surface area contributed by atoms with Gasteiger partial charge in [-0.15, -0.1) is 11.3 Å². The second-order valence-electron chi connectivity index (χ2n) is 10.7. The van der Waals surface area contributed by atoms with E-state index in [-0.39, 0.29) is 59.1 Å². The van der Waals surface area contributed by atoms with E-state index in [0.29, 0.717) is 22.5 Å². The Hall–Kier alpha value is -4.96. The minimum absolute atomic E-state index is 0.0418. The normalized spacial score (nSPS) is 16.5. The summed E-state index contributed by atoms with van der Waals surface area (Å²) in [6.07, 6.45) is -6.66. The maximum atomic E-state index is 15.9.